The second kappa shape index (κ2) is 5.83. The summed E-state index contributed by atoms with van der Waals surface area (Å²) in [6.07, 6.45) is 2.38. The fourth-order valence-corrected chi connectivity index (χ4v) is 3.86. The monoisotopic (exact) mass is 308 g/mol. The molecular formula is C15H17BrS. The summed E-state index contributed by atoms with van der Waals surface area (Å²) in [7, 11) is 0. The zero-order valence-electron chi connectivity index (χ0n) is 10.2. The molecular weight excluding hydrogens is 292 g/mol. The molecule has 0 nitrogen and oxygen atoms in total. The van der Waals surface area contributed by atoms with E-state index in [0.29, 0.717) is 4.83 Å². The summed E-state index contributed by atoms with van der Waals surface area (Å²) in [5, 5.41) is 2.16. The lowest BCUT2D eigenvalue weighted by atomic mass is 10.0. The molecule has 0 amide bonds. The summed E-state index contributed by atoms with van der Waals surface area (Å²) in [6.45, 7) is 4.39. The van der Waals surface area contributed by atoms with Gasteiger partial charge in [-0.25, -0.2) is 0 Å². The zero-order chi connectivity index (χ0) is 12.3. The van der Waals surface area contributed by atoms with Gasteiger partial charge in [0.25, 0.3) is 0 Å². The summed E-state index contributed by atoms with van der Waals surface area (Å²) < 4.78 is 0. The third-order valence-electron chi connectivity index (χ3n) is 2.94. The van der Waals surface area contributed by atoms with Crippen LogP contribution in [0.25, 0.3) is 0 Å². The van der Waals surface area contributed by atoms with Gasteiger partial charge in [-0.05, 0) is 41.5 Å². The van der Waals surface area contributed by atoms with Gasteiger partial charge in [0.1, 0.15) is 0 Å². The molecule has 0 saturated carbocycles. The molecule has 2 rings (SSSR count). The minimum absolute atomic E-state index is 0.332. The molecule has 0 radical (unpaired) electrons. The minimum atomic E-state index is 0.332. The van der Waals surface area contributed by atoms with E-state index in [2.05, 4.69) is 65.5 Å². The average molecular weight is 309 g/mol. The van der Waals surface area contributed by atoms with E-state index in [9.17, 15) is 0 Å². The van der Waals surface area contributed by atoms with Crippen LogP contribution in [0.5, 0.6) is 0 Å². The molecule has 1 atom stereocenters. The summed E-state index contributed by atoms with van der Waals surface area (Å²) >= 11 is 5.62. The molecule has 0 fully saturated rings. The number of alkyl halides is 1. The SMILES string of the molecule is CCCc1ccc(C(Br)c2sccc2C)cc1. The van der Waals surface area contributed by atoms with Crippen molar-refractivity contribution in [2.24, 2.45) is 0 Å². The van der Waals surface area contributed by atoms with Gasteiger partial charge in [0.05, 0.1) is 4.83 Å². The minimum Gasteiger partial charge on any atom is -0.147 e. The lowest BCUT2D eigenvalue weighted by molar-refractivity contribution is 0.920. The van der Waals surface area contributed by atoms with Crippen molar-refractivity contribution in [2.45, 2.75) is 31.5 Å². The first-order valence-corrected chi connectivity index (χ1v) is 7.78. The molecule has 0 saturated heterocycles. The van der Waals surface area contributed by atoms with Crippen LogP contribution in [0.4, 0.5) is 0 Å². The average Bonchev–Trinajstić information content (AvgIpc) is 2.76. The molecule has 0 aliphatic rings. The van der Waals surface area contributed by atoms with Crippen molar-refractivity contribution < 1.29 is 0 Å². The van der Waals surface area contributed by atoms with Crippen LogP contribution in [0.1, 0.15) is 39.7 Å². The Morgan fingerprint density at radius 1 is 1.18 bits per heavy atom. The number of aryl methyl sites for hydroxylation is 2. The predicted octanol–water partition coefficient (Wildman–Crippen LogP) is 5.49. The van der Waals surface area contributed by atoms with Gasteiger partial charge >= 0.3 is 0 Å². The van der Waals surface area contributed by atoms with Crippen LogP contribution in [0.2, 0.25) is 0 Å². The van der Waals surface area contributed by atoms with Gasteiger partial charge in [0, 0.05) is 4.88 Å². The first kappa shape index (κ1) is 12.8. The van der Waals surface area contributed by atoms with Crippen molar-refractivity contribution in [1.82, 2.24) is 0 Å². The first-order valence-electron chi connectivity index (χ1n) is 5.99. The fourth-order valence-electron chi connectivity index (χ4n) is 1.94. The van der Waals surface area contributed by atoms with E-state index >= 15 is 0 Å². The van der Waals surface area contributed by atoms with E-state index in [1.54, 1.807) is 0 Å². The summed E-state index contributed by atoms with van der Waals surface area (Å²) in [4.78, 5) is 1.74. The Kier molecular flexibility index (Phi) is 4.41. The number of hydrogen-bond donors (Lipinski definition) is 0. The number of rotatable bonds is 4. The lowest BCUT2D eigenvalue weighted by Crippen LogP contribution is -1.92. The van der Waals surface area contributed by atoms with Gasteiger partial charge in [0.2, 0.25) is 0 Å². The van der Waals surface area contributed by atoms with Gasteiger partial charge in [-0.2, -0.15) is 0 Å². The van der Waals surface area contributed by atoms with E-state index < -0.39 is 0 Å². The molecule has 0 spiro atoms. The molecule has 1 aromatic heterocycles. The first-order chi connectivity index (χ1) is 8.22. The Balaban J connectivity index is 2.20. The van der Waals surface area contributed by atoms with Crippen molar-refractivity contribution in [3.8, 4) is 0 Å². The second-order valence-electron chi connectivity index (χ2n) is 4.32. The number of thiophene rings is 1. The van der Waals surface area contributed by atoms with Crippen LogP contribution >= 0.6 is 27.3 Å². The highest BCUT2D eigenvalue weighted by Gasteiger charge is 2.13. The Hall–Kier alpha value is -0.600. The van der Waals surface area contributed by atoms with Crippen LogP contribution in [0, 0.1) is 6.92 Å². The normalized spacial score (nSPS) is 12.6. The van der Waals surface area contributed by atoms with Gasteiger partial charge in [-0.15, -0.1) is 11.3 Å². The molecule has 0 N–H and O–H groups in total. The van der Waals surface area contributed by atoms with E-state index in [4.69, 9.17) is 0 Å². The predicted molar refractivity (Wildman–Crippen MR) is 80.3 cm³/mol. The summed E-state index contributed by atoms with van der Waals surface area (Å²) in [6, 6.07) is 11.2. The maximum absolute atomic E-state index is 3.80. The third-order valence-corrected chi connectivity index (χ3v) is 5.32. The van der Waals surface area contributed by atoms with Crippen molar-refractivity contribution in [1.29, 1.82) is 0 Å². The van der Waals surface area contributed by atoms with Crippen molar-refractivity contribution in [3.63, 3.8) is 0 Å². The highest BCUT2D eigenvalue weighted by molar-refractivity contribution is 9.09. The van der Waals surface area contributed by atoms with Crippen LogP contribution in [0.15, 0.2) is 35.7 Å². The highest BCUT2D eigenvalue weighted by atomic mass is 79.9. The quantitative estimate of drug-likeness (QED) is 0.655. The maximum atomic E-state index is 3.80. The molecule has 2 aromatic rings. The molecule has 90 valence electrons. The molecule has 1 heterocycles. The van der Waals surface area contributed by atoms with E-state index in [1.165, 1.54) is 34.4 Å². The van der Waals surface area contributed by atoms with Crippen LogP contribution in [0.3, 0.4) is 0 Å². The number of halogens is 1. The lowest BCUT2D eigenvalue weighted by Gasteiger charge is -2.10. The van der Waals surface area contributed by atoms with Crippen LogP contribution < -0.4 is 0 Å². The Bertz CT molecular complexity index is 470. The molecule has 17 heavy (non-hydrogen) atoms. The molecule has 0 aliphatic carbocycles. The van der Waals surface area contributed by atoms with E-state index in [1.807, 2.05) is 11.3 Å². The van der Waals surface area contributed by atoms with Crippen LogP contribution in [-0.4, -0.2) is 0 Å². The standard InChI is InChI=1S/C15H17BrS/c1-3-4-12-5-7-13(8-6-12)14(16)15-11(2)9-10-17-15/h5-10,14H,3-4H2,1-2H3. The maximum Gasteiger partial charge on any atom is 0.0740 e. The molecule has 1 aromatic carbocycles. The Labute approximate surface area is 116 Å². The largest absolute Gasteiger partial charge is 0.147 e. The second-order valence-corrected chi connectivity index (χ2v) is 6.19. The molecule has 2 heteroatoms. The van der Waals surface area contributed by atoms with Gasteiger partial charge in [0.15, 0.2) is 0 Å². The molecule has 0 bridgehead atoms. The van der Waals surface area contributed by atoms with Crippen molar-refractivity contribution >= 4 is 27.3 Å². The summed E-state index contributed by atoms with van der Waals surface area (Å²) in [5.74, 6) is 0. The van der Waals surface area contributed by atoms with Crippen LogP contribution in [-0.2, 0) is 6.42 Å². The Morgan fingerprint density at radius 2 is 1.88 bits per heavy atom. The Morgan fingerprint density at radius 3 is 2.41 bits per heavy atom. The van der Waals surface area contributed by atoms with Crippen molar-refractivity contribution in [2.75, 3.05) is 0 Å². The third kappa shape index (κ3) is 2.99. The van der Waals surface area contributed by atoms with Gasteiger partial charge in [-0.1, -0.05) is 53.5 Å². The molecule has 1 unspecified atom stereocenters. The summed E-state index contributed by atoms with van der Waals surface area (Å²) in [5.41, 5.74) is 4.14. The van der Waals surface area contributed by atoms with E-state index in [-0.39, 0.29) is 0 Å². The topological polar surface area (TPSA) is 0 Å². The van der Waals surface area contributed by atoms with E-state index in [0.717, 1.165) is 0 Å². The molecule has 0 aliphatic heterocycles. The highest BCUT2D eigenvalue weighted by Crippen LogP contribution is 2.36. The van der Waals surface area contributed by atoms with Gasteiger partial charge in [-0.3, -0.25) is 0 Å². The smallest absolute Gasteiger partial charge is 0.0740 e. The zero-order valence-corrected chi connectivity index (χ0v) is 12.6. The number of hydrogen-bond acceptors (Lipinski definition) is 1. The fraction of sp³-hybridized carbons (Fsp3) is 0.333. The number of benzene rings is 1. The van der Waals surface area contributed by atoms with Gasteiger partial charge < -0.3 is 0 Å². The van der Waals surface area contributed by atoms with Crippen molar-refractivity contribution in [3.05, 3.63) is 57.3 Å².